The lowest BCUT2D eigenvalue weighted by molar-refractivity contribution is -0.134. The second-order valence-corrected chi connectivity index (χ2v) is 6.22. The predicted octanol–water partition coefficient (Wildman–Crippen LogP) is 1.50. The molecule has 8 heteroatoms. The zero-order chi connectivity index (χ0) is 20.1. The van der Waals surface area contributed by atoms with E-state index in [1.54, 1.807) is 48.7 Å². The van der Waals surface area contributed by atoms with Gasteiger partial charge in [0.2, 0.25) is 11.8 Å². The standard InChI is InChI=1S/C20H20N4O4/c1-23(12-18(25)22-15-7-5-8-16(10-15)28-2)19(26)13-24-20(27)17-9-4-3-6-14(17)11-21-24/h3-11H,12-13H2,1-2H3,(H,22,25). The fourth-order valence-corrected chi connectivity index (χ4v) is 2.69. The predicted molar refractivity (Wildman–Crippen MR) is 105 cm³/mol. The number of carbonyl (C=O) groups is 2. The van der Waals surface area contributed by atoms with Crippen molar-refractivity contribution in [2.75, 3.05) is 26.0 Å². The maximum Gasteiger partial charge on any atom is 0.275 e. The number of likely N-dealkylation sites (N-methyl/N-ethyl adjacent to an activating group) is 1. The molecule has 0 unspecified atom stereocenters. The van der Waals surface area contributed by atoms with Crippen LogP contribution in [-0.4, -0.2) is 47.2 Å². The van der Waals surface area contributed by atoms with Gasteiger partial charge in [-0.2, -0.15) is 5.10 Å². The van der Waals surface area contributed by atoms with Gasteiger partial charge in [0.1, 0.15) is 12.3 Å². The second kappa shape index (κ2) is 8.34. The number of methoxy groups -OCH3 is 1. The fraction of sp³-hybridized carbons (Fsp3) is 0.200. The van der Waals surface area contributed by atoms with Gasteiger partial charge in [-0.15, -0.1) is 0 Å². The van der Waals surface area contributed by atoms with Crippen LogP contribution in [0.25, 0.3) is 10.8 Å². The molecule has 0 fully saturated rings. The SMILES string of the molecule is COc1cccc(NC(=O)CN(C)C(=O)Cn2ncc3ccccc3c2=O)c1. The number of nitrogens with zero attached hydrogens (tertiary/aromatic N) is 3. The topological polar surface area (TPSA) is 93.5 Å². The summed E-state index contributed by atoms with van der Waals surface area (Å²) in [4.78, 5) is 38.3. The first-order valence-corrected chi connectivity index (χ1v) is 8.60. The first kappa shape index (κ1) is 19.1. The minimum absolute atomic E-state index is 0.154. The Bertz CT molecular complexity index is 1080. The van der Waals surface area contributed by atoms with E-state index in [9.17, 15) is 14.4 Å². The highest BCUT2D eigenvalue weighted by Gasteiger charge is 2.15. The quantitative estimate of drug-likeness (QED) is 0.700. The number of nitrogens with one attached hydrogen (secondary N) is 1. The van der Waals surface area contributed by atoms with Crippen molar-refractivity contribution >= 4 is 28.3 Å². The highest BCUT2D eigenvalue weighted by atomic mass is 16.5. The number of aromatic nitrogens is 2. The van der Waals surface area contributed by atoms with Gasteiger partial charge in [0.25, 0.3) is 5.56 Å². The Kier molecular flexibility index (Phi) is 5.69. The lowest BCUT2D eigenvalue weighted by Crippen LogP contribution is -2.39. The molecule has 28 heavy (non-hydrogen) atoms. The number of fused-ring (bicyclic) bond motifs is 1. The van der Waals surface area contributed by atoms with Gasteiger partial charge < -0.3 is 15.0 Å². The van der Waals surface area contributed by atoms with Crippen molar-refractivity contribution in [2.45, 2.75) is 6.54 Å². The van der Waals surface area contributed by atoms with Gasteiger partial charge in [0, 0.05) is 24.2 Å². The summed E-state index contributed by atoms with van der Waals surface area (Å²) in [5, 5.41) is 7.94. The van der Waals surface area contributed by atoms with Gasteiger partial charge in [-0.05, 0) is 18.2 Å². The first-order valence-electron chi connectivity index (χ1n) is 8.60. The van der Waals surface area contributed by atoms with Crippen LogP contribution in [0.2, 0.25) is 0 Å². The number of benzene rings is 2. The van der Waals surface area contributed by atoms with Crippen LogP contribution in [0.4, 0.5) is 5.69 Å². The second-order valence-electron chi connectivity index (χ2n) is 6.22. The Morgan fingerprint density at radius 1 is 1.18 bits per heavy atom. The van der Waals surface area contributed by atoms with E-state index in [4.69, 9.17) is 4.74 Å². The summed E-state index contributed by atoms with van der Waals surface area (Å²) >= 11 is 0. The molecule has 1 heterocycles. The molecule has 3 rings (SSSR count). The minimum atomic E-state index is -0.398. The average molecular weight is 380 g/mol. The zero-order valence-corrected chi connectivity index (χ0v) is 15.6. The van der Waals surface area contributed by atoms with Gasteiger partial charge >= 0.3 is 0 Å². The first-order chi connectivity index (χ1) is 13.5. The number of hydrogen-bond acceptors (Lipinski definition) is 5. The molecule has 0 aliphatic heterocycles. The van der Waals surface area contributed by atoms with Crippen LogP contribution < -0.4 is 15.6 Å². The fourth-order valence-electron chi connectivity index (χ4n) is 2.69. The summed E-state index contributed by atoms with van der Waals surface area (Å²) in [6.07, 6.45) is 1.54. The van der Waals surface area contributed by atoms with Crippen molar-refractivity contribution in [3.8, 4) is 5.75 Å². The molecule has 2 amide bonds. The molecule has 0 spiro atoms. The zero-order valence-electron chi connectivity index (χ0n) is 15.6. The highest BCUT2D eigenvalue weighted by Crippen LogP contribution is 2.16. The molecule has 0 bridgehead atoms. The molecule has 144 valence electrons. The molecule has 0 saturated carbocycles. The Labute approximate surface area is 161 Å². The third-order valence-corrected chi connectivity index (χ3v) is 4.21. The summed E-state index contributed by atoms with van der Waals surface area (Å²) < 4.78 is 6.21. The molecule has 0 aliphatic rings. The summed E-state index contributed by atoms with van der Waals surface area (Å²) in [5.41, 5.74) is 0.221. The molecule has 3 aromatic rings. The van der Waals surface area contributed by atoms with E-state index in [1.807, 2.05) is 6.07 Å². The molecular weight excluding hydrogens is 360 g/mol. The van der Waals surface area contributed by atoms with E-state index in [1.165, 1.54) is 19.1 Å². The number of hydrogen-bond donors (Lipinski definition) is 1. The van der Waals surface area contributed by atoms with E-state index in [-0.39, 0.29) is 24.6 Å². The van der Waals surface area contributed by atoms with Crippen LogP contribution in [-0.2, 0) is 16.1 Å². The smallest absolute Gasteiger partial charge is 0.275 e. The van der Waals surface area contributed by atoms with Crippen LogP contribution in [0.15, 0.2) is 59.5 Å². The average Bonchev–Trinajstić information content (AvgIpc) is 2.70. The van der Waals surface area contributed by atoms with E-state index < -0.39 is 5.91 Å². The van der Waals surface area contributed by atoms with Gasteiger partial charge in [-0.25, -0.2) is 4.68 Å². The summed E-state index contributed by atoms with van der Waals surface area (Å²) in [7, 11) is 3.04. The van der Waals surface area contributed by atoms with Gasteiger partial charge in [-0.3, -0.25) is 14.4 Å². The van der Waals surface area contributed by atoms with Gasteiger partial charge in [0.15, 0.2) is 0 Å². The van der Waals surface area contributed by atoms with Crippen molar-refractivity contribution < 1.29 is 14.3 Å². The van der Waals surface area contributed by atoms with Gasteiger partial charge in [0.05, 0.1) is 25.2 Å². The largest absolute Gasteiger partial charge is 0.497 e. The van der Waals surface area contributed by atoms with Crippen LogP contribution >= 0.6 is 0 Å². The van der Waals surface area contributed by atoms with Crippen molar-refractivity contribution in [1.82, 2.24) is 14.7 Å². The molecule has 1 aromatic heterocycles. The number of amides is 2. The molecule has 0 saturated heterocycles. The lowest BCUT2D eigenvalue weighted by atomic mass is 10.2. The van der Waals surface area contributed by atoms with E-state index in [2.05, 4.69) is 10.4 Å². The molecule has 0 atom stereocenters. The maximum atomic E-state index is 12.4. The Hall–Kier alpha value is -3.68. The molecule has 0 aliphatic carbocycles. The third kappa shape index (κ3) is 4.35. The Morgan fingerprint density at radius 2 is 1.96 bits per heavy atom. The normalized spacial score (nSPS) is 10.5. The number of ether oxygens (including phenoxy) is 1. The summed E-state index contributed by atoms with van der Waals surface area (Å²) in [5.74, 6) is -0.141. The molecule has 2 aromatic carbocycles. The number of rotatable bonds is 6. The van der Waals surface area contributed by atoms with Crippen molar-refractivity contribution in [2.24, 2.45) is 0 Å². The molecule has 8 nitrogen and oxygen atoms in total. The van der Waals surface area contributed by atoms with Crippen molar-refractivity contribution in [3.63, 3.8) is 0 Å². The molecular formula is C20H20N4O4. The Balaban J connectivity index is 1.63. The van der Waals surface area contributed by atoms with E-state index in [0.717, 1.165) is 4.68 Å². The number of anilines is 1. The highest BCUT2D eigenvalue weighted by molar-refractivity contribution is 5.94. The van der Waals surface area contributed by atoms with Crippen LogP contribution in [0.5, 0.6) is 5.75 Å². The Morgan fingerprint density at radius 3 is 2.75 bits per heavy atom. The van der Waals surface area contributed by atoms with Crippen LogP contribution in [0.1, 0.15) is 0 Å². The third-order valence-electron chi connectivity index (χ3n) is 4.21. The van der Waals surface area contributed by atoms with E-state index in [0.29, 0.717) is 22.2 Å². The van der Waals surface area contributed by atoms with Gasteiger partial charge in [-0.1, -0.05) is 24.3 Å². The lowest BCUT2D eigenvalue weighted by Gasteiger charge is -2.17. The summed E-state index contributed by atoms with van der Waals surface area (Å²) in [6, 6.07) is 14.0. The maximum absolute atomic E-state index is 12.4. The van der Waals surface area contributed by atoms with Crippen LogP contribution in [0.3, 0.4) is 0 Å². The monoisotopic (exact) mass is 380 g/mol. The van der Waals surface area contributed by atoms with Crippen LogP contribution in [0, 0.1) is 0 Å². The summed E-state index contributed by atoms with van der Waals surface area (Å²) in [6.45, 7) is -0.398. The van der Waals surface area contributed by atoms with Crippen molar-refractivity contribution in [1.29, 1.82) is 0 Å². The van der Waals surface area contributed by atoms with Crippen molar-refractivity contribution in [3.05, 3.63) is 65.1 Å². The number of carbonyl (C=O) groups excluding carboxylic acids is 2. The molecule has 0 radical (unpaired) electrons. The molecule has 1 N–H and O–H groups in total. The minimum Gasteiger partial charge on any atom is -0.497 e. The van der Waals surface area contributed by atoms with E-state index >= 15 is 0 Å².